The molecule has 1 aromatic rings. The molecule has 2 aliphatic carbocycles. The van der Waals surface area contributed by atoms with Crippen LogP contribution in [0.15, 0.2) is 17.2 Å². The number of hydrogen-bond donors (Lipinski definition) is 1. The van der Waals surface area contributed by atoms with E-state index in [1.54, 1.807) is 6.07 Å². The van der Waals surface area contributed by atoms with Gasteiger partial charge in [0.15, 0.2) is 0 Å². The van der Waals surface area contributed by atoms with E-state index in [1.807, 2.05) is 0 Å². The molecule has 1 aromatic heterocycles. The largest absolute Gasteiger partial charge is 0.324 e. The van der Waals surface area contributed by atoms with Gasteiger partial charge < -0.3 is 0 Å². The third-order valence-electron chi connectivity index (χ3n) is 4.12. The minimum atomic E-state index is -0.435. The molecule has 0 aliphatic heterocycles. The van der Waals surface area contributed by atoms with Crippen molar-refractivity contribution < 1.29 is 9.72 Å². The molecule has 0 aromatic carbocycles. The van der Waals surface area contributed by atoms with E-state index in [4.69, 9.17) is 0 Å². The molecule has 106 valence electrons. The molecule has 0 bridgehead atoms. The van der Waals surface area contributed by atoms with Gasteiger partial charge in [-0.1, -0.05) is 24.2 Å². The maximum Gasteiger partial charge on any atom is 0.324 e. The van der Waals surface area contributed by atoms with Crippen molar-refractivity contribution >= 4 is 28.5 Å². The fraction of sp³-hybridized carbons (Fsp3) is 0.538. The van der Waals surface area contributed by atoms with E-state index in [2.05, 4.69) is 10.5 Å². The van der Waals surface area contributed by atoms with E-state index in [0.29, 0.717) is 16.7 Å². The molecule has 1 unspecified atom stereocenters. The summed E-state index contributed by atoms with van der Waals surface area (Å²) in [6.07, 6.45) is 6.23. The topological polar surface area (TPSA) is 84.6 Å². The number of hydrazone groups is 1. The van der Waals surface area contributed by atoms with Gasteiger partial charge in [-0.15, -0.1) is 0 Å². The molecule has 1 heterocycles. The predicted molar refractivity (Wildman–Crippen MR) is 75.6 cm³/mol. The number of nitro groups is 1. The van der Waals surface area contributed by atoms with Crippen molar-refractivity contribution in [3.63, 3.8) is 0 Å². The van der Waals surface area contributed by atoms with Crippen LogP contribution in [-0.4, -0.2) is 17.0 Å². The normalized spacial score (nSPS) is 28.1. The Bertz CT molecular complexity index is 557. The lowest BCUT2D eigenvalue weighted by atomic mass is 10.0. The van der Waals surface area contributed by atoms with Gasteiger partial charge in [-0.2, -0.15) is 5.10 Å². The molecular weight excluding hydrogens is 278 g/mol. The summed E-state index contributed by atoms with van der Waals surface area (Å²) < 4.78 is 0. The smallest absolute Gasteiger partial charge is 0.273 e. The van der Waals surface area contributed by atoms with Crippen LogP contribution in [0.2, 0.25) is 0 Å². The van der Waals surface area contributed by atoms with E-state index in [9.17, 15) is 14.9 Å². The second-order valence-corrected chi connectivity index (χ2v) is 6.40. The Morgan fingerprint density at radius 2 is 2.10 bits per heavy atom. The molecule has 0 radical (unpaired) electrons. The summed E-state index contributed by atoms with van der Waals surface area (Å²) in [5.74, 6) is 1.24. The molecule has 3 atom stereocenters. The number of thiophene rings is 1. The van der Waals surface area contributed by atoms with E-state index >= 15 is 0 Å². The molecule has 0 spiro atoms. The van der Waals surface area contributed by atoms with Crippen molar-refractivity contribution in [2.24, 2.45) is 22.9 Å². The minimum Gasteiger partial charge on any atom is -0.273 e. The molecular formula is C13H15N3O3S. The van der Waals surface area contributed by atoms with Crippen molar-refractivity contribution in [1.82, 2.24) is 5.43 Å². The van der Waals surface area contributed by atoms with Gasteiger partial charge in [0.1, 0.15) is 0 Å². The number of carbonyl (C=O) groups excluding carboxylic acids is 1. The minimum absolute atomic E-state index is 0.00999. The van der Waals surface area contributed by atoms with Gasteiger partial charge in [0.25, 0.3) is 0 Å². The first-order valence-corrected chi connectivity index (χ1v) is 7.55. The van der Waals surface area contributed by atoms with Gasteiger partial charge in [0, 0.05) is 12.0 Å². The number of nitrogens with zero attached hydrogens (tertiary/aromatic N) is 2. The number of hydrogen-bond acceptors (Lipinski definition) is 5. The van der Waals surface area contributed by atoms with Crippen molar-refractivity contribution in [3.8, 4) is 0 Å². The second kappa shape index (κ2) is 5.32. The number of carbonyl (C=O) groups is 1. The van der Waals surface area contributed by atoms with E-state index < -0.39 is 4.92 Å². The van der Waals surface area contributed by atoms with Gasteiger partial charge in [-0.25, -0.2) is 5.43 Å². The summed E-state index contributed by atoms with van der Waals surface area (Å²) in [6.45, 7) is 0. The predicted octanol–water partition coefficient (Wildman–Crippen LogP) is 2.54. The summed E-state index contributed by atoms with van der Waals surface area (Å²) in [7, 11) is 0. The first kappa shape index (κ1) is 13.2. The fourth-order valence-electron chi connectivity index (χ4n) is 3.12. The summed E-state index contributed by atoms with van der Waals surface area (Å²) in [4.78, 5) is 22.7. The number of fused-ring (bicyclic) bond motifs is 1. The van der Waals surface area contributed by atoms with E-state index in [1.165, 1.54) is 25.1 Å². The third-order valence-corrected chi connectivity index (χ3v) is 5.09. The van der Waals surface area contributed by atoms with Gasteiger partial charge in [-0.05, 0) is 30.7 Å². The first-order chi connectivity index (χ1) is 9.66. The maximum atomic E-state index is 11.9. The summed E-state index contributed by atoms with van der Waals surface area (Å²) in [5.41, 5.74) is 2.56. The highest BCUT2D eigenvalue weighted by Crippen LogP contribution is 2.55. The van der Waals surface area contributed by atoms with Gasteiger partial charge >= 0.3 is 5.00 Å². The van der Waals surface area contributed by atoms with Crippen LogP contribution >= 0.6 is 11.3 Å². The molecule has 2 fully saturated rings. The summed E-state index contributed by atoms with van der Waals surface area (Å²) >= 11 is 1.04. The Morgan fingerprint density at radius 1 is 1.40 bits per heavy atom. The van der Waals surface area contributed by atoms with Crippen LogP contribution in [0.4, 0.5) is 5.00 Å². The molecule has 0 saturated heterocycles. The second-order valence-electron chi connectivity index (χ2n) is 5.31. The lowest BCUT2D eigenvalue weighted by Crippen LogP contribution is -2.20. The third kappa shape index (κ3) is 2.58. The Kier molecular flexibility index (Phi) is 3.52. The molecule has 2 aliphatic rings. The molecule has 1 amide bonds. The van der Waals surface area contributed by atoms with Crippen molar-refractivity contribution in [2.45, 2.75) is 25.7 Å². The molecule has 2 saturated carbocycles. The highest BCUT2D eigenvalue weighted by molar-refractivity contribution is 7.16. The van der Waals surface area contributed by atoms with Crippen molar-refractivity contribution in [1.29, 1.82) is 0 Å². The van der Waals surface area contributed by atoms with Crippen LogP contribution in [0.1, 0.15) is 30.6 Å². The van der Waals surface area contributed by atoms with E-state index in [0.717, 1.165) is 24.2 Å². The molecule has 3 rings (SSSR count). The van der Waals surface area contributed by atoms with Crippen LogP contribution in [0.25, 0.3) is 0 Å². The van der Waals surface area contributed by atoms with Crippen molar-refractivity contribution in [3.05, 3.63) is 27.1 Å². The Balaban J connectivity index is 1.52. The van der Waals surface area contributed by atoms with Crippen LogP contribution < -0.4 is 5.43 Å². The van der Waals surface area contributed by atoms with Crippen LogP contribution in [0, 0.1) is 27.9 Å². The number of nitrogens with one attached hydrogen (secondary N) is 1. The highest BCUT2D eigenvalue weighted by Gasteiger charge is 2.54. The maximum absolute atomic E-state index is 11.9. The van der Waals surface area contributed by atoms with Gasteiger partial charge in [0.05, 0.1) is 16.0 Å². The Hall–Kier alpha value is -1.76. The van der Waals surface area contributed by atoms with Crippen LogP contribution in [0.5, 0.6) is 0 Å². The lowest BCUT2D eigenvalue weighted by molar-refractivity contribution is -0.380. The van der Waals surface area contributed by atoms with Crippen LogP contribution in [0.3, 0.4) is 0 Å². The number of amides is 1. The summed E-state index contributed by atoms with van der Waals surface area (Å²) in [5, 5.41) is 14.5. The fourth-order valence-corrected chi connectivity index (χ4v) is 3.82. The molecule has 7 heteroatoms. The quantitative estimate of drug-likeness (QED) is 0.526. The average Bonchev–Trinajstić information content (AvgIpc) is 2.97. The zero-order valence-electron chi connectivity index (χ0n) is 10.8. The van der Waals surface area contributed by atoms with Gasteiger partial charge in [0.2, 0.25) is 5.91 Å². The Morgan fingerprint density at radius 3 is 2.70 bits per heavy atom. The molecule has 20 heavy (non-hydrogen) atoms. The lowest BCUT2D eigenvalue weighted by Gasteiger charge is -2.04. The SMILES string of the molecule is O=C(N/N=C\c1ccc([N+](=O)[O-])s1)C1[C@H]2CCCC[C@@H]12. The average molecular weight is 293 g/mol. The van der Waals surface area contributed by atoms with E-state index in [-0.39, 0.29) is 16.8 Å². The zero-order valence-corrected chi connectivity index (χ0v) is 11.6. The standard InChI is InChI=1S/C13H15N3O3S/c17-13(12-9-3-1-2-4-10(9)12)15-14-7-8-5-6-11(20-8)16(18)19/h5-7,9-10,12H,1-4H2,(H,15,17)/b14-7-/t9-,10+,12?. The zero-order chi connectivity index (χ0) is 14.1. The van der Waals surface area contributed by atoms with Gasteiger partial charge in [-0.3, -0.25) is 14.9 Å². The highest BCUT2D eigenvalue weighted by atomic mass is 32.1. The first-order valence-electron chi connectivity index (χ1n) is 6.74. The monoisotopic (exact) mass is 293 g/mol. The number of rotatable bonds is 4. The van der Waals surface area contributed by atoms with Crippen LogP contribution in [-0.2, 0) is 4.79 Å². The molecule has 6 nitrogen and oxygen atoms in total. The summed E-state index contributed by atoms with van der Waals surface area (Å²) in [6, 6.07) is 3.05. The van der Waals surface area contributed by atoms with Crippen molar-refractivity contribution in [2.75, 3.05) is 0 Å². The Labute approximate surface area is 120 Å². The molecule has 1 N–H and O–H groups in total.